The van der Waals surface area contributed by atoms with E-state index in [1.807, 2.05) is 19.9 Å². The van der Waals surface area contributed by atoms with Gasteiger partial charge >= 0.3 is 0 Å². The van der Waals surface area contributed by atoms with Crippen molar-refractivity contribution in [2.75, 3.05) is 30.3 Å². The van der Waals surface area contributed by atoms with Crippen LogP contribution in [0.25, 0.3) is 0 Å². The first-order valence-electron chi connectivity index (χ1n) is 6.27. The molecule has 0 atom stereocenters. The Balaban J connectivity index is 2.00. The van der Waals surface area contributed by atoms with Crippen LogP contribution in [-0.4, -0.2) is 31.6 Å². The summed E-state index contributed by atoms with van der Waals surface area (Å²) in [4.78, 5) is 15.7. The molecule has 1 amide bonds. The molecule has 6 nitrogen and oxygen atoms in total. The zero-order valence-electron chi connectivity index (χ0n) is 11.0. The summed E-state index contributed by atoms with van der Waals surface area (Å²) in [7, 11) is 0. The molecule has 2 heterocycles. The maximum Gasteiger partial charge on any atom is 0.262 e. The Kier molecular flexibility index (Phi) is 2.77. The summed E-state index contributed by atoms with van der Waals surface area (Å²) < 4.78 is 5.44. The van der Waals surface area contributed by atoms with E-state index in [1.54, 1.807) is 0 Å². The Bertz CT molecular complexity index is 580. The van der Waals surface area contributed by atoms with Crippen LogP contribution in [0.2, 0.25) is 0 Å². The van der Waals surface area contributed by atoms with E-state index >= 15 is 0 Å². The van der Waals surface area contributed by atoms with Crippen LogP contribution in [0.15, 0.2) is 11.1 Å². The predicted octanol–water partition coefficient (Wildman–Crippen LogP) is 1.01. The van der Waals surface area contributed by atoms with E-state index in [2.05, 4.69) is 20.9 Å². The second-order valence-corrected chi connectivity index (χ2v) is 4.69. The van der Waals surface area contributed by atoms with Gasteiger partial charge in [-0.2, -0.15) is 0 Å². The number of anilines is 2. The maximum absolute atomic E-state index is 11.4. The molecule has 19 heavy (non-hydrogen) atoms. The number of hydrogen-bond donors (Lipinski definition) is 3. The molecule has 0 saturated heterocycles. The van der Waals surface area contributed by atoms with Gasteiger partial charge in [0.15, 0.2) is 12.6 Å². The minimum absolute atomic E-state index is 0.0763. The molecule has 2 aliphatic heterocycles. The Morgan fingerprint density at radius 2 is 2.26 bits per heavy atom. The summed E-state index contributed by atoms with van der Waals surface area (Å²) in [6.07, 6.45) is 0. The van der Waals surface area contributed by atoms with E-state index in [0.29, 0.717) is 0 Å². The third-order valence-corrected chi connectivity index (χ3v) is 3.28. The lowest BCUT2D eigenvalue weighted by atomic mass is 10.0. The zero-order valence-corrected chi connectivity index (χ0v) is 11.0. The third-order valence-electron chi connectivity index (χ3n) is 3.28. The van der Waals surface area contributed by atoms with E-state index in [-0.39, 0.29) is 12.5 Å². The molecule has 0 radical (unpaired) electrons. The van der Waals surface area contributed by atoms with Gasteiger partial charge in [-0.25, -0.2) is 0 Å². The van der Waals surface area contributed by atoms with Crippen LogP contribution in [-0.2, 0) is 4.79 Å². The molecular weight excluding hydrogens is 244 g/mol. The molecule has 3 rings (SSSR count). The van der Waals surface area contributed by atoms with Gasteiger partial charge in [-0.15, -0.1) is 0 Å². The highest BCUT2D eigenvalue weighted by molar-refractivity contribution is 6.01. The van der Waals surface area contributed by atoms with Crippen molar-refractivity contribution in [1.82, 2.24) is 5.32 Å². The molecule has 0 aromatic heterocycles. The maximum atomic E-state index is 11.4. The predicted molar refractivity (Wildman–Crippen MR) is 74.0 cm³/mol. The van der Waals surface area contributed by atoms with Crippen LogP contribution in [0, 0.1) is 13.8 Å². The fraction of sp³-hybridized carbons (Fsp3) is 0.385. The lowest BCUT2D eigenvalue weighted by molar-refractivity contribution is -0.118. The minimum Gasteiger partial charge on any atom is -0.482 e. The highest BCUT2D eigenvalue weighted by Gasteiger charge is 2.22. The van der Waals surface area contributed by atoms with Crippen molar-refractivity contribution in [1.29, 1.82) is 0 Å². The van der Waals surface area contributed by atoms with Gasteiger partial charge in [0, 0.05) is 17.8 Å². The quantitative estimate of drug-likeness (QED) is 0.704. The van der Waals surface area contributed by atoms with Gasteiger partial charge in [-0.3, -0.25) is 9.79 Å². The lowest BCUT2D eigenvalue weighted by Crippen LogP contribution is -2.29. The van der Waals surface area contributed by atoms with E-state index in [1.165, 1.54) is 0 Å². The van der Waals surface area contributed by atoms with E-state index < -0.39 is 0 Å². The number of hydrogen-bond acceptors (Lipinski definition) is 5. The monoisotopic (exact) mass is 260 g/mol. The summed E-state index contributed by atoms with van der Waals surface area (Å²) in [5.74, 6) is 1.37. The van der Waals surface area contributed by atoms with Crippen molar-refractivity contribution in [3.05, 3.63) is 17.2 Å². The van der Waals surface area contributed by atoms with Crippen molar-refractivity contribution >= 4 is 23.2 Å². The van der Waals surface area contributed by atoms with E-state index in [0.717, 1.165) is 47.3 Å². The fourth-order valence-corrected chi connectivity index (χ4v) is 2.33. The van der Waals surface area contributed by atoms with Crippen LogP contribution >= 0.6 is 0 Å². The van der Waals surface area contributed by atoms with Gasteiger partial charge in [-0.05, 0) is 25.5 Å². The van der Waals surface area contributed by atoms with E-state index in [4.69, 9.17) is 4.74 Å². The molecule has 0 saturated carbocycles. The zero-order chi connectivity index (χ0) is 13.4. The second-order valence-electron chi connectivity index (χ2n) is 4.69. The number of nitrogens with one attached hydrogen (secondary N) is 3. The Hall–Kier alpha value is -2.24. The Morgan fingerprint density at radius 3 is 3.00 bits per heavy atom. The molecule has 0 spiro atoms. The van der Waals surface area contributed by atoms with Crippen LogP contribution in [0.1, 0.15) is 11.1 Å². The number of rotatable bonds is 1. The smallest absolute Gasteiger partial charge is 0.262 e. The number of guanidine groups is 1. The summed E-state index contributed by atoms with van der Waals surface area (Å²) in [6.45, 7) is 5.67. The van der Waals surface area contributed by atoms with E-state index in [9.17, 15) is 4.79 Å². The summed E-state index contributed by atoms with van der Waals surface area (Å²) >= 11 is 0. The number of nitrogens with zero attached hydrogens (tertiary/aromatic N) is 1. The number of ether oxygens (including phenoxy) is 1. The number of aliphatic imine (C=N–C) groups is 1. The lowest BCUT2D eigenvalue weighted by Gasteiger charge is -2.23. The second kappa shape index (κ2) is 4.46. The highest BCUT2D eigenvalue weighted by atomic mass is 16.5. The number of benzene rings is 1. The van der Waals surface area contributed by atoms with Gasteiger partial charge in [0.25, 0.3) is 5.91 Å². The molecule has 0 unspecified atom stereocenters. The first kappa shape index (κ1) is 11.8. The average Bonchev–Trinajstić information content (AvgIpc) is 2.89. The van der Waals surface area contributed by atoms with Crippen molar-refractivity contribution in [2.45, 2.75) is 13.8 Å². The van der Waals surface area contributed by atoms with Crippen molar-refractivity contribution in [2.24, 2.45) is 4.99 Å². The van der Waals surface area contributed by atoms with Gasteiger partial charge in [-0.1, -0.05) is 0 Å². The number of fused-ring (bicyclic) bond motifs is 1. The number of carbonyl (C=O) groups is 1. The highest BCUT2D eigenvalue weighted by Crippen LogP contribution is 2.38. The Labute approximate surface area is 111 Å². The third kappa shape index (κ3) is 2.09. The summed E-state index contributed by atoms with van der Waals surface area (Å²) in [5, 5.41) is 9.30. The topological polar surface area (TPSA) is 74.8 Å². The first-order valence-corrected chi connectivity index (χ1v) is 6.27. The summed E-state index contributed by atoms with van der Waals surface area (Å²) in [6, 6.07) is 1.93. The molecular formula is C13H16N4O2. The van der Waals surface area contributed by atoms with Crippen LogP contribution in [0.4, 0.5) is 11.4 Å². The largest absolute Gasteiger partial charge is 0.482 e. The van der Waals surface area contributed by atoms with Gasteiger partial charge in [0.05, 0.1) is 12.2 Å². The van der Waals surface area contributed by atoms with Crippen LogP contribution in [0.5, 0.6) is 5.75 Å². The first-order chi connectivity index (χ1) is 9.15. The number of aryl methyl sites for hydroxylation is 1. The summed E-state index contributed by atoms with van der Waals surface area (Å²) in [5.41, 5.74) is 3.71. The molecule has 0 aliphatic carbocycles. The van der Waals surface area contributed by atoms with Gasteiger partial charge < -0.3 is 20.7 Å². The number of amides is 1. The molecule has 6 heteroatoms. The van der Waals surface area contributed by atoms with Crippen molar-refractivity contribution in [3.63, 3.8) is 0 Å². The number of carbonyl (C=O) groups excluding carboxylic acids is 1. The molecule has 0 fully saturated rings. The molecule has 2 aliphatic rings. The SMILES string of the molecule is Cc1cc2c(c(C)c1NC1=NCCN1)NC(=O)CO2. The molecule has 3 N–H and O–H groups in total. The molecule has 1 aromatic carbocycles. The van der Waals surface area contributed by atoms with Crippen molar-refractivity contribution in [3.8, 4) is 5.75 Å². The molecule has 1 aromatic rings. The van der Waals surface area contributed by atoms with Gasteiger partial charge in [0.1, 0.15) is 5.75 Å². The molecule has 0 bridgehead atoms. The standard InChI is InChI=1S/C13H16N4O2/c1-7-5-9-12(16-10(18)6-19-9)8(2)11(7)17-13-14-3-4-15-13/h5H,3-4,6H2,1-2H3,(H,16,18)(H2,14,15,17). The normalized spacial score (nSPS) is 16.9. The fourth-order valence-electron chi connectivity index (χ4n) is 2.33. The Morgan fingerprint density at radius 1 is 1.42 bits per heavy atom. The average molecular weight is 260 g/mol. The molecule has 100 valence electrons. The van der Waals surface area contributed by atoms with Crippen LogP contribution in [0.3, 0.4) is 0 Å². The van der Waals surface area contributed by atoms with Crippen molar-refractivity contribution < 1.29 is 9.53 Å². The van der Waals surface area contributed by atoms with Crippen LogP contribution < -0.4 is 20.7 Å². The minimum atomic E-state index is -0.123. The van der Waals surface area contributed by atoms with Gasteiger partial charge in [0.2, 0.25) is 0 Å².